The quantitative estimate of drug-likeness (QED) is 0.808. The van der Waals surface area contributed by atoms with Crippen molar-refractivity contribution in [3.05, 3.63) is 35.4 Å². The third-order valence-corrected chi connectivity index (χ3v) is 3.39. The molecule has 4 heteroatoms. The average Bonchev–Trinajstić information content (AvgIpc) is 2.45. The third kappa shape index (κ3) is 5.37. The van der Waals surface area contributed by atoms with E-state index in [0.717, 1.165) is 17.7 Å². The first kappa shape index (κ1) is 15.6. The number of hydrogen-bond acceptors (Lipinski definition) is 3. The van der Waals surface area contributed by atoms with Gasteiger partial charge < -0.3 is 10.4 Å². The Bertz CT molecular complexity index is 459. The Labute approximate surface area is 118 Å². The van der Waals surface area contributed by atoms with E-state index in [1.54, 1.807) is 36.0 Å². The summed E-state index contributed by atoms with van der Waals surface area (Å²) in [5.74, 6) is 6.24. The zero-order valence-electron chi connectivity index (χ0n) is 11.3. The van der Waals surface area contributed by atoms with Crippen LogP contribution in [-0.2, 0) is 0 Å². The SMILES string of the molecule is CCC(CSC)NC(=O)c1ccc(C#CCO)cc1. The molecule has 0 aliphatic rings. The number of amides is 1. The maximum Gasteiger partial charge on any atom is 0.251 e. The number of rotatable bonds is 5. The summed E-state index contributed by atoms with van der Waals surface area (Å²) in [5, 5.41) is 11.6. The van der Waals surface area contributed by atoms with E-state index in [2.05, 4.69) is 24.1 Å². The normalized spacial score (nSPS) is 11.3. The highest BCUT2D eigenvalue weighted by molar-refractivity contribution is 7.98. The van der Waals surface area contributed by atoms with E-state index in [9.17, 15) is 4.79 Å². The Balaban J connectivity index is 2.67. The highest BCUT2D eigenvalue weighted by Crippen LogP contribution is 2.06. The molecule has 0 saturated heterocycles. The van der Waals surface area contributed by atoms with Crippen molar-refractivity contribution in [2.45, 2.75) is 19.4 Å². The van der Waals surface area contributed by atoms with E-state index >= 15 is 0 Å². The van der Waals surface area contributed by atoms with Gasteiger partial charge >= 0.3 is 0 Å². The maximum absolute atomic E-state index is 12.0. The minimum absolute atomic E-state index is 0.0532. The zero-order chi connectivity index (χ0) is 14.1. The van der Waals surface area contributed by atoms with Crippen LogP contribution in [0, 0.1) is 11.8 Å². The number of hydrogen-bond donors (Lipinski definition) is 2. The standard InChI is InChI=1S/C15H19NO2S/c1-3-14(11-19-2)16-15(18)13-8-6-12(7-9-13)5-4-10-17/h6-9,14,17H,3,10-11H2,1-2H3,(H,16,18). The van der Waals surface area contributed by atoms with Crippen LogP contribution in [-0.4, -0.2) is 35.7 Å². The van der Waals surface area contributed by atoms with Gasteiger partial charge in [0.05, 0.1) is 0 Å². The van der Waals surface area contributed by atoms with Gasteiger partial charge in [0.1, 0.15) is 6.61 Å². The number of benzene rings is 1. The number of carbonyl (C=O) groups is 1. The summed E-state index contributed by atoms with van der Waals surface area (Å²) in [5.41, 5.74) is 1.43. The van der Waals surface area contributed by atoms with Gasteiger partial charge in [0.15, 0.2) is 0 Å². The molecule has 0 saturated carbocycles. The number of thioether (sulfide) groups is 1. The van der Waals surface area contributed by atoms with Crippen LogP contribution in [0.25, 0.3) is 0 Å². The molecule has 1 aromatic rings. The Morgan fingerprint density at radius 3 is 2.63 bits per heavy atom. The van der Waals surface area contributed by atoms with Crippen LogP contribution in [0.4, 0.5) is 0 Å². The second-order valence-electron chi connectivity index (χ2n) is 4.07. The summed E-state index contributed by atoms with van der Waals surface area (Å²) < 4.78 is 0. The lowest BCUT2D eigenvalue weighted by Crippen LogP contribution is -2.36. The molecule has 3 nitrogen and oxygen atoms in total. The molecule has 19 heavy (non-hydrogen) atoms. The maximum atomic E-state index is 12.0. The van der Waals surface area contributed by atoms with E-state index in [-0.39, 0.29) is 18.6 Å². The predicted molar refractivity (Wildman–Crippen MR) is 80.3 cm³/mol. The van der Waals surface area contributed by atoms with Crippen LogP contribution in [0.2, 0.25) is 0 Å². The molecule has 0 spiro atoms. The molecule has 1 atom stereocenters. The second kappa shape index (κ2) is 8.63. The van der Waals surface area contributed by atoms with Gasteiger partial charge in [-0.2, -0.15) is 11.8 Å². The first-order chi connectivity index (χ1) is 9.21. The highest BCUT2D eigenvalue weighted by Gasteiger charge is 2.11. The van der Waals surface area contributed by atoms with Crippen molar-refractivity contribution in [1.29, 1.82) is 0 Å². The van der Waals surface area contributed by atoms with Gasteiger partial charge in [0.2, 0.25) is 0 Å². The molecule has 2 N–H and O–H groups in total. The molecule has 0 heterocycles. The van der Waals surface area contributed by atoms with Gasteiger partial charge in [-0.15, -0.1) is 0 Å². The molecule has 1 rings (SSSR count). The van der Waals surface area contributed by atoms with E-state index in [4.69, 9.17) is 5.11 Å². The third-order valence-electron chi connectivity index (χ3n) is 2.65. The van der Waals surface area contributed by atoms with Gasteiger partial charge in [0.25, 0.3) is 5.91 Å². The average molecular weight is 277 g/mol. The minimum atomic E-state index is -0.158. The van der Waals surface area contributed by atoms with Gasteiger partial charge in [0, 0.05) is 22.9 Å². The van der Waals surface area contributed by atoms with Crippen LogP contribution >= 0.6 is 11.8 Å². The Hall–Kier alpha value is -1.44. The van der Waals surface area contributed by atoms with Crippen molar-refractivity contribution in [1.82, 2.24) is 5.32 Å². The molecular formula is C15H19NO2S. The number of nitrogens with one attached hydrogen (secondary N) is 1. The monoisotopic (exact) mass is 277 g/mol. The molecule has 0 aliphatic carbocycles. The molecule has 1 amide bonds. The summed E-state index contributed by atoms with van der Waals surface area (Å²) >= 11 is 1.73. The molecule has 0 bridgehead atoms. The first-order valence-electron chi connectivity index (χ1n) is 6.20. The number of aliphatic hydroxyl groups excluding tert-OH is 1. The van der Waals surface area contributed by atoms with Crippen molar-refractivity contribution >= 4 is 17.7 Å². The fraction of sp³-hybridized carbons (Fsp3) is 0.400. The van der Waals surface area contributed by atoms with Crippen molar-refractivity contribution in [2.75, 3.05) is 18.6 Å². The smallest absolute Gasteiger partial charge is 0.251 e. The molecule has 1 unspecified atom stereocenters. The highest BCUT2D eigenvalue weighted by atomic mass is 32.2. The predicted octanol–water partition coefficient (Wildman–Crippen LogP) is 1.90. The lowest BCUT2D eigenvalue weighted by Gasteiger charge is -2.15. The van der Waals surface area contributed by atoms with Gasteiger partial charge in [-0.05, 0) is 36.9 Å². The second-order valence-corrected chi connectivity index (χ2v) is 4.98. The fourth-order valence-electron chi connectivity index (χ4n) is 1.58. The summed E-state index contributed by atoms with van der Waals surface area (Å²) in [6.45, 7) is 1.91. The lowest BCUT2D eigenvalue weighted by atomic mass is 10.1. The summed E-state index contributed by atoms with van der Waals surface area (Å²) in [6, 6.07) is 7.28. The Morgan fingerprint density at radius 1 is 1.42 bits per heavy atom. The Morgan fingerprint density at radius 2 is 2.11 bits per heavy atom. The molecule has 102 valence electrons. The van der Waals surface area contributed by atoms with E-state index in [0.29, 0.717) is 5.56 Å². The van der Waals surface area contributed by atoms with E-state index in [1.165, 1.54) is 0 Å². The van der Waals surface area contributed by atoms with Crippen LogP contribution in [0.15, 0.2) is 24.3 Å². The van der Waals surface area contributed by atoms with Crippen molar-refractivity contribution in [3.63, 3.8) is 0 Å². The minimum Gasteiger partial charge on any atom is -0.384 e. The molecule has 0 radical (unpaired) electrons. The van der Waals surface area contributed by atoms with Crippen LogP contribution < -0.4 is 5.32 Å². The van der Waals surface area contributed by atoms with Crippen molar-refractivity contribution in [2.24, 2.45) is 0 Å². The van der Waals surface area contributed by atoms with Gasteiger partial charge in [-0.1, -0.05) is 18.8 Å². The fourth-order valence-corrected chi connectivity index (χ4v) is 2.30. The first-order valence-corrected chi connectivity index (χ1v) is 7.60. The lowest BCUT2D eigenvalue weighted by molar-refractivity contribution is 0.0940. The van der Waals surface area contributed by atoms with Crippen molar-refractivity contribution < 1.29 is 9.90 Å². The van der Waals surface area contributed by atoms with Crippen LogP contribution in [0.3, 0.4) is 0 Å². The summed E-state index contributed by atoms with van der Waals surface area (Å²) in [4.78, 5) is 12.0. The molecular weight excluding hydrogens is 258 g/mol. The van der Waals surface area contributed by atoms with Crippen LogP contribution in [0.5, 0.6) is 0 Å². The van der Waals surface area contributed by atoms with Crippen LogP contribution in [0.1, 0.15) is 29.3 Å². The number of aliphatic hydroxyl groups is 1. The molecule has 0 fully saturated rings. The van der Waals surface area contributed by atoms with Crippen molar-refractivity contribution in [3.8, 4) is 11.8 Å². The molecule has 0 aliphatic heterocycles. The summed E-state index contributed by atoms with van der Waals surface area (Å²) in [6.07, 6.45) is 2.95. The summed E-state index contributed by atoms with van der Waals surface area (Å²) in [7, 11) is 0. The number of carbonyl (C=O) groups excluding carboxylic acids is 1. The van der Waals surface area contributed by atoms with E-state index < -0.39 is 0 Å². The largest absolute Gasteiger partial charge is 0.384 e. The van der Waals surface area contributed by atoms with Gasteiger partial charge in [-0.25, -0.2) is 0 Å². The topological polar surface area (TPSA) is 49.3 Å². The molecule has 1 aromatic carbocycles. The van der Waals surface area contributed by atoms with Gasteiger partial charge in [-0.3, -0.25) is 4.79 Å². The molecule has 0 aromatic heterocycles. The zero-order valence-corrected chi connectivity index (χ0v) is 12.1. The Kier molecular flexibility index (Phi) is 7.09. The van der Waals surface area contributed by atoms with E-state index in [1.807, 2.05) is 6.26 Å².